The molecule has 0 aromatic carbocycles. The van der Waals surface area contributed by atoms with Crippen molar-refractivity contribution in [1.29, 1.82) is 0 Å². The van der Waals surface area contributed by atoms with Gasteiger partial charge in [0, 0.05) is 5.92 Å². The number of hydrogen-bond acceptors (Lipinski definition) is 4. The average molecular weight is 198 g/mol. The van der Waals surface area contributed by atoms with E-state index >= 15 is 0 Å². The number of hydroxylamine groups is 1. The number of carbonyl (C=O) groups is 1. The summed E-state index contributed by atoms with van der Waals surface area (Å²) in [5.41, 5.74) is 7.51. The molecule has 0 spiro atoms. The van der Waals surface area contributed by atoms with Crippen LogP contribution >= 0.6 is 0 Å². The fraction of sp³-hybridized carbons (Fsp3) is 0.444. The number of nitrogens with two attached hydrogens (primary N) is 1. The summed E-state index contributed by atoms with van der Waals surface area (Å²) in [6.07, 6.45) is 7.49. The van der Waals surface area contributed by atoms with E-state index in [0.717, 1.165) is 0 Å². The molecule has 0 aromatic rings. The molecule has 0 bridgehead atoms. The second-order valence-electron chi connectivity index (χ2n) is 3.27. The number of carboxylic acid groups (broad SMARTS) is 1. The van der Waals surface area contributed by atoms with Crippen LogP contribution in [0.3, 0.4) is 0 Å². The Bertz CT molecular complexity index is 263. The average Bonchev–Trinajstić information content (AvgIpc) is 2.18. The van der Waals surface area contributed by atoms with Crippen LogP contribution in [0.5, 0.6) is 0 Å². The van der Waals surface area contributed by atoms with Crippen molar-refractivity contribution in [2.75, 3.05) is 0 Å². The fourth-order valence-corrected chi connectivity index (χ4v) is 1.41. The molecular formula is C9H14N2O3. The van der Waals surface area contributed by atoms with Gasteiger partial charge in [-0.05, 0) is 6.42 Å². The quantitative estimate of drug-likeness (QED) is 0.472. The predicted molar refractivity (Wildman–Crippen MR) is 50.7 cm³/mol. The smallest absolute Gasteiger partial charge is 0.320 e. The number of rotatable bonds is 4. The molecule has 78 valence electrons. The van der Waals surface area contributed by atoms with Gasteiger partial charge in [0.05, 0.1) is 6.04 Å². The molecule has 1 rings (SSSR count). The number of hydrogen-bond donors (Lipinski definition) is 4. The lowest BCUT2D eigenvalue weighted by Crippen LogP contribution is -2.39. The summed E-state index contributed by atoms with van der Waals surface area (Å²) >= 11 is 0. The third-order valence-electron chi connectivity index (χ3n) is 2.24. The van der Waals surface area contributed by atoms with E-state index in [1.165, 1.54) is 0 Å². The Balaban J connectivity index is 2.54. The summed E-state index contributed by atoms with van der Waals surface area (Å²) < 4.78 is 0. The van der Waals surface area contributed by atoms with E-state index in [-0.39, 0.29) is 12.0 Å². The highest BCUT2D eigenvalue weighted by Gasteiger charge is 2.23. The van der Waals surface area contributed by atoms with Crippen LogP contribution in [0.25, 0.3) is 0 Å². The molecule has 0 radical (unpaired) electrons. The van der Waals surface area contributed by atoms with Crippen molar-refractivity contribution in [3.8, 4) is 0 Å². The van der Waals surface area contributed by atoms with Gasteiger partial charge in [0.1, 0.15) is 6.04 Å². The molecule has 0 saturated heterocycles. The number of nitrogens with one attached hydrogen (secondary N) is 1. The van der Waals surface area contributed by atoms with E-state index in [1.807, 2.05) is 12.2 Å². The van der Waals surface area contributed by atoms with E-state index in [2.05, 4.69) is 5.48 Å². The van der Waals surface area contributed by atoms with Gasteiger partial charge in [-0.25, -0.2) is 0 Å². The first-order chi connectivity index (χ1) is 6.65. The number of aliphatic carboxylic acids is 1. The molecular weight excluding hydrogens is 184 g/mol. The monoisotopic (exact) mass is 198 g/mol. The molecule has 2 unspecified atom stereocenters. The Morgan fingerprint density at radius 1 is 1.50 bits per heavy atom. The maximum absolute atomic E-state index is 10.5. The van der Waals surface area contributed by atoms with E-state index in [9.17, 15) is 4.79 Å². The molecule has 0 heterocycles. The maximum Gasteiger partial charge on any atom is 0.320 e. The van der Waals surface area contributed by atoms with Crippen molar-refractivity contribution in [3.05, 3.63) is 24.3 Å². The summed E-state index contributed by atoms with van der Waals surface area (Å²) in [7, 11) is 0. The zero-order chi connectivity index (χ0) is 10.6. The van der Waals surface area contributed by atoms with E-state index in [0.29, 0.717) is 6.42 Å². The van der Waals surface area contributed by atoms with Crippen LogP contribution in [0, 0.1) is 5.92 Å². The van der Waals surface area contributed by atoms with E-state index < -0.39 is 12.0 Å². The van der Waals surface area contributed by atoms with Gasteiger partial charge in [-0.3, -0.25) is 4.79 Å². The molecule has 0 amide bonds. The van der Waals surface area contributed by atoms with Crippen LogP contribution in [-0.2, 0) is 4.79 Å². The third-order valence-corrected chi connectivity index (χ3v) is 2.24. The Kier molecular flexibility index (Phi) is 3.82. The predicted octanol–water partition coefficient (Wildman–Crippen LogP) is -0.122. The summed E-state index contributed by atoms with van der Waals surface area (Å²) in [6.45, 7) is 0. The van der Waals surface area contributed by atoms with E-state index in [4.69, 9.17) is 16.0 Å². The van der Waals surface area contributed by atoms with Gasteiger partial charge in [0.15, 0.2) is 0 Å². The summed E-state index contributed by atoms with van der Waals surface area (Å²) in [4.78, 5) is 10.5. The minimum atomic E-state index is -1.02. The van der Waals surface area contributed by atoms with Crippen LogP contribution in [-0.4, -0.2) is 28.4 Å². The molecule has 1 aliphatic carbocycles. The second-order valence-corrected chi connectivity index (χ2v) is 3.27. The van der Waals surface area contributed by atoms with Gasteiger partial charge in [-0.2, -0.15) is 5.48 Å². The van der Waals surface area contributed by atoms with Crippen LogP contribution in [0.2, 0.25) is 0 Å². The van der Waals surface area contributed by atoms with Crippen molar-refractivity contribution >= 4 is 5.97 Å². The first-order valence-electron chi connectivity index (χ1n) is 4.38. The van der Waals surface area contributed by atoms with Gasteiger partial charge in [-0.15, -0.1) is 0 Å². The summed E-state index contributed by atoms with van der Waals surface area (Å²) in [5, 5.41) is 17.4. The topological polar surface area (TPSA) is 95.6 Å². The highest BCUT2D eigenvalue weighted by molar-refractivity contribution is 5.73. The lowest BCUT2D eigenvalue weighted by atomic mass is 9.90. The SMILES string of the molecule is N[C@H](CC1C=CC=CC1NO)C(=O)O. The highest BCUT2D eigenvalue weighted by atomic mass is 16.5. The first-order valence-corrected chi connectivity index (χ1v) is 4.38. The Morgan fingerprint density at radius 2 is 2.14 bits per heavy atom. The third kappa shape index (κ3) is 2.66. The largest absolute Gasteiger partial charge is 0.480 e. The van der Waals surface area contributed by atoms with Crippen molar-refractivity contribution in [2.24, 2.45) is 11.7 Å². The standard InChI is InChI=1S/C9H14N2O3/c10-7(9(12)13)5-6-3-1-2-4-8(6)11-14/h1-4,6-8,11,14H,5,10H2,(H,12,13)/t6?,7-,8?/m1/s1. The minimum Gasteiger partial charge on any atom is -0.480 e. The van der Waals surface area contributed by atoms with Crippen LogP contribution in [0.15, 0.2) is 24.3 Å². The molecule has 0 aliphatic heterocycles. The molecule has 0 saturated carbocycles. The van der Waals surface area contributed by atoms with Gasteiger partial charge in [0.25, 0.3) is 0 Å². The van der Waals surface area contributed by atoms with Gasteiger partial charge in [-0.1, -0.05) is 24.3 Å². The lowest BCUT2D eigenvalue weighted by molar-refractivity contribution is -0.138. The van der Waals surface area contributed by atoms with Gasteiger partial charge >= 0.3 is 5.97 Å². The second kappa shape index (κ2) is 4.90. The van der Waals surface area contributed by atoms with Crippen molar-refractivity contribution in [1.82, 2.24) is 5.48 Å². The van der Waals surface area contributed by atoms with Crippen LogP contribution < -0.4 is 11.2 Å². The van der Waals surface area contributed by atoms with Crippen molar-refractivity contribution in [3.63, 3.8) is 0 Å². The van der Waals surface area contributed by atoms with Gasteiger partial charge in [0.2, 0.25) is 0 Å². The zero-order valence-corrected chi connectivity index (χ0v) is 7.63. The van der Waals surface area contributed by atoms with Crippen molar-refractivity contribution < 1.29 is 15.1 Å². The molecule has 5 N–H and O–H groups in total. The first kappa shape index (κ1) is 10.9. The van der Waals surface area contributed by atoms with Crippen molar-refractivity contribution in [2.45, 2.75) is 18.5 Å². The Hall–Kier alpha value is -1.17. The normalized spacial score (nSPS) is 27.6. The molecule has 3 atom stereocenters. The van der Waals surface area contributed by atoms with Crippen LogP contribution in [0.1, 0.15) is 6.42 Å². The minimum absolute atomic E-state index is 0.0869. The molecule has 14 heavy (non-hydrogen) atoms. The van der Waals surface area contributed by atoms with Crippen LogP contribution in [0.4, 0.5) is 0 Å². The Labute approximate surface area is 81.9 Å². The lowest BCUT2D eigenvalue weighted by Gasteiger charge is -2.23. The molecule has 5 heteroatoms. The molecule has 0 fully saturated rings. The zero-order valence-electron chi connectivity index (χ0n) is 7.63. The van der Waals surface area contributed by atoms with E-state index in [1.54, 1.807) is 12.2 Å². The van der Waals surface area contributed by atoms with Gasteiger partial charge < -0.3 is 16.0 Å². The number of carboxylic acids is 1. The number of allylic oxidation sites excluding steroid dienone is 2. The highest BCUT2D eigenvalue weighted by Crippen LogP contribution is 2.17. The Morgan fingerprint density at radius 3 is 2.71 bits per heavy atom. The summed E-state index contributed by atoms with van der Waals surface area (Å²) in [5.74, 6) is -1.11. The maximum atomic E-state index is 10.5. The summed E-state index contributed by atoms with van der Waals surface area (Å²) in [6, 6.07) is -1.16. The molecule has 0 aromatic heterocycles. The molecule has 1 aliphatic rings. The molecule has 5 nitrogen and oxygen atoms in total. The fourth-order valence-electron chi connectivity index (χ4n) is 1.41.